The number of anilines is 1. The number of pyridine rings is 1. The van der Waals surface area contributed by atoms with E-state index in [1.807, 2.05) is 36.4 Å². The van der Waals surface area contributed by atoms with E-state index in [0.717, 1.165) is 59.3 Å². The van der Waals surface area contributed by atoms with Crippen molar-refractivity contribution in [3.8, 4) is 0 Å². The first-order valence-corrected chi connectivity index (χ1v) is 15.3. The molecule has 0 fully saturated rings. The Kier molecular flexibility index (Phi) is 9.09. The van der Waals surface area contributed by atoms with Gasteiger partial charge in [0.05, 0.1) is 10.7 Å². The number of carbonyl (C=O) groups is 1. The molecule has 1 aliphatic heterocycles. The highest BCUT2D eigenvalue weighted by Gasteiger charge is 2.40. The summed E-state index contributed by atoms with van der Waals surface area (Å²) < 4.78 is 14.1. The van der Waals surface area contributed by atoms with Crippen molar-refractivity contribution in [2.75, 3.05) is 11.4 Å². The molecule has 0 unspecified atom stereocenters. The van der Waals surface area contributed by atoms with Crippen LogP contribution in [0.15, 0.2) is 84.7 Å². The number of aromatic nitrogens is 1. The van der Waals surface area contributed by atoms with Crippen LogP contribution in [0.3, 0.4) is 0 Å². The lowest BCUT2D eigenvalue weighted by molar-refractivity contribution is -0.671. The molecule has 0 bridgehead atoms. The predicted octanol–water partition coefficient (Wildman–Crippen LogP) is 5.85. The van der Waals surface area contributed by atoms with Gasteiger partial charge in [-0.15, -0.1) is 0 Å². The molecule has 3 N–H and O–H groups in total. The van der Waals surface area contributed by atoms with Gasteiger partial charge in [-0.2, -0.15) is 4.57 Å². The summed E-state index contributed by atoms with van der Waals surface area (Å²) >= 11 is 0. The Labute approximate surface area is 235 Å². The van der Waals surface area contributed by atoms with Crippen LogP contribution in [0.1, 0.15) is 57.6 Å². The molecule has 2 heterocycles. The van der Waals surface area contributed by atoms with Gasteiger partial charge in [0.15, 0.2) is 6.20 Å². The van der Waals surface area contributed by atoms with Gasteiger partial charge >= 0.3 is 13.6 Å². The number of hydrogen-bond acceptors (Lipinski definition) is 3. The molecule has 4 rings (SSSR count). The van der Waals surface area contributed by atoms with Crippen molar-refractivity contribution < 1.29 is 28.8 Å². The summed E-state index contributed by atoms with van der Waals surface area (Å²) in [5.41, 5.74) is 4.83. The van der Waals surface area contributed by atoms with Crippen molar-refractivity contribution in [3.63, 3.8) is 0 Å². The molecular formula is C32H38N2O5P+. The van der Waals surface area contributed by atoms with Crippen LogP contribution in [-0.4, -0.2) is 27.4 Å². The molecule has 0 amide bonds. The number of aryl methyl sites for hydroxylation is 1. The minimum Gasteiger partial charge on any atom is -0.481 e. The van der Waals surface area contributed by atoms with E-state index < -0.39 is 19.0 Å². The fraction of sp³-hybridized carbons (Fsp3) is 0.312. The Bertz CT molecular complexity index is 1530. The van der Waals surface area contributed by atoms with Gasteiger partial charge in [0, 0.05) is 48.3 Å². The van der Waals surface area contributed by atoms with E-state index in [-0.39, 0.29) is 11.7 Å². The van der Waals surface area contributed by atoms with Crippen LogP contribution >= 0.6 is 7.60 Å². The van der Waals surface area contributed by atoms with Gasteiger partial charge < -0.3 is 19.8 Å². The van der Waals surface area contributed by atoms with E-state index in [1.165, 1.54) is 6.07 Å². The number of fused-ring (bicyclic) bond motifs is 2. The standard InChI is InChI=1S/C32H37N2O5P/c1-4-34-29-19-18-25(40(37,38)39)23-27(29)32(2,3)30(34)16-8-5-7-13-24-20-22-33(21-12-6-9-17-31(35)36)28-15-11-10-14-26(24)28/h5,7-8,10-11,13-16,18-20,22-23H,4,6,9,12,17,21H2,1-3H3,(H2-,35,36,37,38,39)/p+1. The summed E-state index contributed by atoms with van der Waals surface area (Å²) in [4.78, 5) is 32.3. The molecule has 0 saturated carbocycles. The zero-order chi connectivity index (χ0) is 28.9. The fourth-order valence-corrected chi connectivity index (χ4v) is 6.01. The molecule has 0 atom stereocenters. The number of hydrogen-bond donors (Lipinski definition) is 3. The van der Waals surface area contributed by atoms with Gasteiger partial charge in [0.2, 0.25) is 5.52 Å². The summed E-state index contributed by atoms with van der Waals surface area (Å²) in [6.45, 7) is 7.83. The summed E-state index contributed by atoms with van der Waals surface area (Å²) in [6.07, 6.45) is 15.0. The second-order valence-corrected chi connectivity index (χ2v) is 12.2. The number of carboxylic acids is 1. The van der Waals surface area contributed by atoms with E-state index in [0.29, 0.717) is 6.42 Å². The highest BCUT2D eigenvalue weighted by molar-refractivity contribution is 7.60. The van der Waals surface area contributed by atoms with Crippen LogP contribution in [0.2, 0.25) is 0 Å². The zero-order valence-electron chi connectivity index (χ0n) is 23.3. The molecule has 8 heteroatoms. The Hall–Kier alpha value is -3.51. The number of para-hydroxylation sites is 1. The van der Waals surface area contributed by atoms with Gasteiger partial charge in [-0.05, 0) is 61.2 Å². The minimum absolute atomic E-state index is 0.0460. The second-order valence-electron chi connectivity index (χ2n) is 10.6. The third-order valence-electron chi connectivity index (χ3n) is 7.53. The first kappa shape index (κ1) is 29.5. The Morgan fingerprint density at radius 3 is 2.52 bits per heavy atom. The SMILES string of the molecule is CCN1/C(=C/C=C/C=C/c2cc[n+](CCCCCC(=O)O)c3ccccc23)C(C)(C)c2cc(P(=O)(O)O)ccc21. The van der Waals surface area contributed by atoms with Crippen molar-refractivity contribution >= 4 is 41.5 Å². The van der Waals surface area contributed by atoms with Crippen LogP contribution in [0.5, 0.6) is 0 Å². The Balaban J connectivity index is 1.51. The molecule has 0 saturated heterocycles. The largest absolute Gasteiger partial charge is 0.481 e. The predicted molar refractivity (Wildman–Crippen MR) is 161 cm³/mol. The van der Waals surface area contributed by atoms with Crippen molar-refractivity contribution in [1.29, 1.82) is 0 Å². The maximum absolute atomic E-state index is 11.9. The van der Waals surface area contributed by atoms with Crippen LogP contribution in [-0.2, 0) is 21.3 Å². The van der Waals surface area contributed by atoms with Gasteiger partial charge in [0.1, 0.15) is 6.54 Å². The third-order valence-corrected chi connectivity index (χ3v) is 8.48. The summed E-state index contributed by atoms with van der Waals surface area (Å²) in [6, 6.07) is 15.4. The molecular weight excluding hydrogens is 523 g/mol. The van der Waals surface area contributed by atoms with Crippen molar-refractivity contribution in [1.82, 2.24) is 0 Å². The lowest BCUT2D eigenvalue weighted by Crippen LogP contribution is -2.34. The average molecular weight is 562 g/mol. The van der Waals surface area contributed by atoms with Crippen LogP contribution in [0.4, 0.5) is 5.69 Å². The van der Waals surface area contributed by atoms with Crippen molar-refractivity contribution in [3.05, 3.63) is 95.9 Å². The maximum Gasteiger partial charge on any atom is 0.356 e. The van der Waals surface area contributed by atoms with Crippen LogP contribution < -0.4 is 14.8 Å². The van der Waals surface area contributed by atoms with E-state index in [4.69, 9.17) is 5.11 Å². The summed E-state index contributed by atoms with van der Waals surface area (Å²) in [5.74, 6) is -0.740. The van der Waals surface area contributed by atoms with E-state index in [1.54, 1.807) is 6.07 Å². The molecule has 0 aliphatic carbocycles. The smallest absolute Gasteiger partial charge is 0.356 e. The number of benzene rings is 2. The number of carboxylic acid groups (broad SMARTS) is 1. The molecule has 2 aromatic carbocycles. The topological polar surface area (TPSA) is 102 Å². The first-order chi connectivity index (χ1) is 19.0. The number of rotatable bonds is 11. The quantitative estimate of drug-likeness (QED) is 0.118. The summed E-state index contributed by atoms with van der Waals surface area (Å²) in [7, 11) is -4.33. The number of allylic oxidation sites excluding steroid dienone is 5. The molecule has 7 nitrogen and oxygen atoms in total. The average Bonchev–Trinajstić information content (AvgIpc) is 3.13. The maximum atomic E-state index is 11.9. The van der Waals surface area contributed by atoms with Gasteiger partial charge in [-0.25, -0.2) is 0 Å². The molecule has 210 valence electrons. The van der Waals surface area contributed by atoms with Crippen molar-refractivity contribution in [2.45, 2.75) is 58.4 Å². The zero-order valence-corrected chi connectivity index (χ0v) is 24.2. The third kappa shape index (κ3) is 6.44. The minimum atomic E-state index is -4.33. The van der Waals surface area contributed by atoms with E-state index in [9.17, 15) is 19.1 Å². The lowest BCUT2D eigenvalue weighted by atomic mass is 9.83. The van der Waals surface area contributed by atoms with Crippen LogP contribution in [0, 0.1) is 0 Å². The number of likely N-dealkylation sites (N-methyl/N-ethyl adjacent to an activating group) is 1. The number of unbranched alkanes of at least 4 members (excludes halogenated alkanes) is 2. The van der Waals surface area contributed by atoms with E-state index >= 15 is 0 Å². The first-order valence-electron chi connectivity index (χ1n) is 13.7. The Morgan fingerprint density at radius 2 is 1.80 bits per heavy atom. The highest BCUT2D eigenvalue weighted by Crippen LogP contribution is 2.48. The molecule has 3 aromatic rings. The number of aliphatic carboxylic acids is 1. The lowest BCUT2D eigenvalue weighted by Gasteiger charge is -2.25. The number of nitrogens with zero attached hydrogens (tertiary/aromatic N) is 2. The van der Waals surface area contributed by atoms with Crippen molar-refractivity contribution in [2.24, 2.45) is 0 Å². The van der Waals surface area contributed by atoms with Gasteiger partial charge in [0.25, 0.3) is 0 Å². The van der Waals surface area contributed by atoms with Crippen LogP contribution in [0.25, 0.3) is 17.0 Å². The highest BCUT2D eigenvalue weighted by atomic mass is 31.2. The monoisotopic (exact) mass is 561 g/mol. The molecule has 40 heavy (non-hydrogen) atoms. The fourth-order valence-electron chi connectivity index (χ4n) is 5.44. The second kappa shape index (κ2) is 12.3. The van der Waals surface area contributed by atoms with Gasteiger partial charge in [-0.1, -0.05) is 50.3 Å². The van der Waals surface area contributed by atoms with Gasteiger partial charge in [-0.3, -0.25) is 9.36 Å². The molecule has 1 aliphatic rings. The molecule has 0 radical (unpaired) electrons. The Morgan fingerprint density at radius 1 is 1.02 bits per heavy atom. The molecule has 1 aromatic heterocycles. The summed E-state index contributed by atoms with van der Waals surface area (Å²) in [5, 5.41) is 10.0. The van der Waals surface area contributed by atoms with E-state index in [2.05, 4.69) is 66.8 Å². The normalized spacial score (nSPS) is 16.0. The molecule has 0 spiro atoms.